The van der Waals surface area contributed by atoms with Crippen molar-refractivity contribution in [2.24, 2.45) is 5.92 Å². The Hall–Kier alpha value is -2.80. The van der Waals surface area contributed by atoms with Crippen molar-refractivity contribution < 1.29 is 14.4 Å². The molecule has 0 aliphatic rings. The molecule has 2 rings (SSSR count). The molecular formula is C27H37N3O3S. The summed E-state index contributed by atoms with van der Waals surface area (Å²) < 4.78 is 1.41. The molecule has 34 heavy (non-hydrogen) atoms. The highest BCUT2D eigenvalue weighted by Gasteiger charge is 2.16. The van der Waals surface area contributed by atoms with Gasteiger partial charge in [-0.1, -0.05) is 69.3 Å². The molecule has 0 spiro atoms. The van der Waals surface area contributed by atoms with E-state index in [1.807, 2.05) is 50.2 Å². The van der Waals surface area contributed by atoms with E-state index in [9.17, 15) is 14.4 Å². The number of carbonyl (C=O) groups is 3. The van der Waals surface area contributed by atoms with Gasteiger partial charge in [0.15, 0.2) is 0 Å². The lowest BCUT2D eigenvalue weighted by molar-refractivity contribution is -0.122. The molecule has 0 aromatic heterocycles. The van der Waals surface area contributed by atoms with Crippen molar-refractivity contribution in [2.45, 2.75) is 59.5 Å². The van der Waals surface area contributed by atoms with E-state index < -0.39 is 0 Å². The predicted octanol–water partition coefficient (Wildman–Crippen LogP) is 5.37. The second-order valence-corrected chi connectivity index (χ2v) is 10.1. The SMILES string of the molecule is CCCN(C=O)SC(=O)N(C)Cc1ccc(CNC(=O)C(C)c2ccc(CC(C)C)cc2)cc1. The summed E-state index contributed by atoms with van der Waals surface area (Å²) in [4.78, 5) is 37.6. The summed E-state index contributed by atoms with van der Waals surface area (Å²) >= 11 is 0.920. The summed E-state index contributed by atoms with van der Waals surface area (Å²) in [6.07, 6.45) is 2.52. The van der Waals surface area contributed by atoms with Gasteiger partial charge in [-0.15, -0.1) is 0 Å². The van der Waals surface area contributed by atoms with Gasteiger partial charge in [-0.25, -0.2) is 0 Å². The van der Waals surface area contributed by atoms with Gasteiger partial charge >= 0.3 is 5.24 Å². The molecule has 0 radical (unpaired) electrons. The molecule has 1 N–H and O–H groups in total. The molecular weight excluding hydrogens is 446 g/mol. The molecule has 0 saturated heterocycles. The Morgan fingerprint density at radius 2 is 1.56 bits per heavy atom. The molecule has 0 aliphatic carbocycles. The van der Waals surface area contributed by atoms with Gasteiger partial charge in [-0.3, -0.25) is 18.7 Å². The van der Waals surface area contributed by atoms with Crippen molar-refractivity contribution in [3.63, 3.8) is 0 Å². The van der Waals surface area contributed by atoms with E-state index >= 15 is 0 Å². The largest absolute Gasteiger partial charge is 0.352 e. The number of hydrogen-bond acceptors (Lipinski definition) is 4. The molecule has 1 atom stereocenters. The van der Waals surface area contributed by atoms with Gasteiger partial charge in [0.2, 0.25) is 12.3 Å². The summed E-state index contributed by atoms with van der Waals surface area (Å²) in [5, 5.41) is 2.84. The van der Waals surface area contributed by atoms with Crippen LogP contribution >= 0.6 is 11.9 Å². The van der Waals surface area contributed by atoms with Crippen LogP contribution in [0.5, 0.6) is 0 Å². The molecule has 0 bridgehead atoms. The van der Waals surface area contributed by atoms with Crippen molar-refractivity contribution in [3.8, 4) is 0 Å². The van der Waals surface area contributed by atoms with Crippen molar-refractivity contribution in [3.05, 3.63) is 70.8 Å². The average Bonchev–Trinajstić information content (AvgIpc) is 2.82. The van der Waals surface area contributed by atoms with Crippen LogP contribution in [-0.2, 0) is 29.1 Å². The molecule has 7 heteroatoms. The lowest BCUT2D eigenvalue weighted by Crippen LogP contribution is -2.28. The number of rotatable bonds is 12. The van der Waals surface area contributed by atoms with E-state index in [0.29, 0.717) is 32.0 Å². The fourth-order valence-corrected chi connectivity index (χ4v) is 4.24. The summed E-state index contributed by atoms with van der Waals surface area (Å²) in [6, 6.07) is 16.1. The Morgan fingerprint density at radius 3 is 2.12 bits per heavy atom. The predicted molar refractivity (Wildman–Crippen MR) is 139 cm³/mol. The zero-order chi connectivity index (χ0) is 25.1. The lowest BCUT2D eigenvalue weighted by atomic mass is 9.96. The van der Waals surface area contributed by atoms with Crippen LogP contribution < -0.4 is 5.32 Å². The van der Waals surface area contributed by atoms with E-state index in [2.05, 4.69) is 31.3 Å². The normalized spacial score (nSPS) is 11.7. The Morgan fingerprint density at radius 1 is 0.971 bits per heavy atom. The van der Waals surface area contributed by atoms with Crippen LogP contribution in [0.15, 0.2) is 48.5 Å². The molecule has 2 aromatic carbocycles. The first-order valence-corrected chi connectivity index (χ1v) is 12.6. The summed E-state index contributed by atoms with van der Waals surface area (Å²) in [5.41, 5.74) is 4.28. The third-order valence-corrected chi connectivity index (χ3v) is 6.47. The number of hydrogen-bond donors (Lipinski definition) is 1. The van der Waals surface area contributed by atoms with Crippen LogP contribution in [0.1, 0.15) is 62.3 Å². The van der Waals surface area contributed by atoms with Gasteiger partial charge in [-0.2, -0.15) is 0 Å². The summed E-state index contributed by atoms with van der Waals surface area (Å²) in [6.45, 7) is 9.71. The summed E-state index contributed by atoms with van der Waals surface area (Å²) in [5.74, 6) is 0.384. The quantitative estimate of drug-likeness (QED) is 0.325. The van der Waals surface area contributed by atoms with E-state index in [0.717, 1.165) is 41.5 Å². The second kappa shape index (κ2) is 13.8. The van der Waals surface area contributed by atoms with Crippen molar-refractivity contribution >= 4 is 29.5 Å². The number of nitrogens with one attached hydrogen (secondary N) is 1. The smallest absolute Gasteiger partial charge is 0.302 e. The highest BCUT2D eigenvalue weighted by atomic mass is 32.2. The van der Waals surface area contributed by atoms with Gasteiger partial charge < -0.3 is 10.2 Å². The molecule has 0 aliphatic heterocycles. The second-order valence-electron chi connectivity index (χ2n) is 9.05. The fourth-order valence-electron chi connectivity index (χ4n) is 3.52. The maximum atomic E-state index is 12.6. The van der Waals surface area contributed by atoms with Crippen LogP contribution in [0, 0.1) is 5.92 Å². The Bertz CT molecular complexity index is 929. The third-order valence-electron chi connectivity index (χ3n) is 5.49. The van der Waals surface area contributed by atoms with Gasteiger partial charge in [0, 0.05) is 26.7 Å². The van der Waals surface area contributed by atoms with Crippen molar-refractivity contribution in [2.75, 3.05) is 13.6 Å². The van der Waals surface area contributed by atoms with Crippen LogP contribution in [-0.4, -0.2) is 40.4 Å². The molecule has 6 nitrogen and oxygen atoms in total. The van der Waals surface area contributed by atoms with Crippen molar-refractivity contribution in [1.29, 1.82) is 0 Å². The molecule has 184 valence electrons. The zero-order valence-electron chi connectivity index (χ0n) is 20.9. The van der Waals surface area contributed by atoms with E-state index in [4.69, 9.17) is 0 Å². The minimum atomic E-state index is -0.219. The molecule has 3 amide bonds. The van der Waals surface area contributed by atoms with Gasteiger partial charge in [-0.05, 0) is 47.9 Å². The maximum Gasteiger partial charge on any atom is 0.302 e. The average molecular weight is 484 g/mol. The van der Waals surface area contributed by atoms with E-state index in [1.54, 1.807) is 11.9 Å². The summed E-state index contributed by atoms with van der Waals surface area (Å²) in [7, 11) is 1.72. The number of amides is 3. The number of carbonyl (C=O) groups excluding carboxylic acids is 3. The molecule has 2 aromatic rings. The van der Waals surface area contributed by atoms with Crippen molar-refractivity contribution in [1.82, 2.24) is 14.5 Å². The van der Waals surface area contributed by atoms with E-state index in [1.165, 1.54) is 9.87 Å². The van der Waals surface area contributed by atoms with Gasteiger partial charge in [0.05, 0.1) is 17.9 Å². The number of benzene rings is 2. The fraction of sp³-hybridized carbons (Fsp3) is 0.444. The molecule has 0 fully saturated rings. The highest BCUT2D eigenvalue weighted by Crippen LogP contribution is 2.19. The first-order chi connectivity index (χ1) is 16.2. The Kier molecular flexibility index (Phi) is 11.1. The topological polar surface area (TPSA) is 69.7 Å². The Balaban J connectivity index is 1.84. The van der Waals surface area contributed by atoms with Crippen LogP contribution in [0.2, 0.25) is 0 Å². The maximum absolute atomic E-state index is 12.6. The highest BCUT2D eigenvalue weighted by molar-refractivity contribution is 8.11. The lowest BCUT2D eigenvalue weighted by Gasteiger charge is -2.20. The number of nitrogens with zero attached hydrogens (tertiary/aromatic N) is 2. The van der Waals surface area contributed by atoms with Crippen LogP contribution in [0.25, 0.3) is 0 Å². The minimum absolute atomic E-state index is 0.00477. The molecule has 0 heterocycles. The standard InChI is InChI=1S/C27H37N3O3S/c1-6-15-30(19-31)34-27(33)29(5)18-24-9-7-23(8-10-24)17-28-26(32)21(4)25-13-11-22(12-14-25)16-20(2)3/h7-14,19-21H,6,15-18H2,1-5H3,(H,28,32). The molecule has 0 saturated carbocycles. The Labute approximate surface area is 208 Å². The third kappa shape index (κ3) is 8.86. The monoisotopic (exact) mass is 483 g/mol. The van der Waals surface area contributed by atoms with Crippen LogP contribution in [0.4, 0.5) is 4.79 Å². The molecule has 1 unspecified atom stereocenters. The van der Waals surface area contributed by atoms with E-state index in [-0.39, 0.29) is 17.1 Å². The zero-order valence-corrected chi connectivity index (χ0v) is 21.7. The first-order valence-electron chi connectivity index (χ1n) is 11.8. The van der Waals surface area contributed by atoms with Crippen LogP contribution in [0.3, 0.4) is 0 Å². The van der Waals surface area contributed by atoms with Gasteiger partial charge in [0.25, 0.3) is 0 Å². The van der Waals surface area contributed by atoms with Gasteiger partial charge in [0.1, 0.15) is 0 Å². The first kappa shape index (κ1) is 27.4. The minimum Gasteiger partial charge on any atom is -0.352 e.